The molecule has 0 radical (unpaired) electrons. The minimum absolute atomic E-state index is 0.115. The Kier molecular flexibility index (Phi) is 4.32. The van der Waals surface area contributed by atoms with Gasteiger partial charge in [-0.3, -0.25) is 9.59 Å². The minimum atomic E-state index is -0.900. The number of pyridine rings is 1. The quantitative estimate of drug-likeness (QED) is 0.879. The summed E-state index contributed by atoms with van der Waals surface area (Å²) in [6.07, 6.45) is 0.922. The summed E-state index contributed by atoms with van der Waals surface area (Å²) in [4.78, 5) is 24.7. The summed E-state index contributed by atoms with van der Waals surface area (Å²) in [7, 11) is 0. The molecule has 136 valence electrons. The van der Waals surface area contributed by atoms with Crippen LogP contribution in [0.4, 0.5) is 8.78 Å². The van der Waals surface area contributed by atoms with Crippen molar-refractivity contribution in [1.82, 2.24) is 15.2 Å². The Labute approximate surface area is 149 Å². The molecule has 2 N–H and O–H groups in total. The molecule has 4 rings (SSSR count). The molecule has 1 aromatic heterocycles. The van der Waals surface area contributed by atoms with Crippen molar-refractivity contribution < 1.29 is 13.6 Å². The number of rotatable bonds is 3. The van der Waals surface area contributed by atoms with Crippen molar-refractivity contribution in [3.63, 3.8) is 0 Å². The van der Waals surface area contributed by atoms with Gasteiger partial charge in [-0.05, 0) is 30.5 Å². The van der Waals surface area contributed by atoms with Crippen LogP contribution in [-0.2, 0) is 0 Å². The fourth-order valence-corrected chi connectivity index (χ4v) is 4.17. The lowest BCUT2D eigenvalue weighted by molar-refractivity contribution is 0.0924. The Balaban J connectivity index is 1.61. The molecule has 2 aliphatic heterocycles. The molecule has 3 heterocycles. The number of nitrogens with one attached hydrogen (secondary N) is 2. The Hall–Kier alpha value is -2.54. The topological polar surface area (TPSA) is 63.1 Å². The van der Waals surface area contributed by atoms with E-state index in [-0.39, 0.29) is 30.0 Å². The van der Waals surface area contributed by atoms with Crippen LogP contribution in [0.5, 0.6) is 0 Å². The molecule has 0 unspecified atom stereocenters. The van der Waals surface area contributed by atoms with E-state index in [2.05, 4.69) is 10.6 Å². The van der Waals surface area contributed by atoms with E-state index in [0.717, 1.165) is 37.3 Å². The van der Waals surface area contributed by atoms with Crippen molar-refractivity contribution >= 4 is 5.91 Å². The molecule has 26 heavy (non-hydrogen) atoms. The number of fused-ring (bicyclic) bond motifs is 4. The lowest BCUT2D eigenvalue weighted by Gasteiger charge is -2.43. The standard InChI is InChI=1S/C19H19F2N3O2/c20-13-3-1-4-14(21)18(13)19(26)23-10-16-12-7-11(8-22-9-12)15-5-2-6-17(25)24(15)16/h1-6,11-12,16,22H,7-10H2,(H,23,26)/t11-,12+,16+/m1/s1. The highest BCUT2D eigenvalue weighted by atomic mass is 19.1. The molecule has 3 atom stereocenters. The van der Waals surface area contributed by atoms with Gasteiger partial charge >= 0.3 is 0 Å². The Morgan fingerprint density at radius 1 is 1.15 bits per heavy atom. The van der Waals surface area contributed by atoms with E-state index >= 15 is 0 Å². The van der Waals surface area contributed by atoms with E-state index in [4.69, 9.17) is 0 Å². The minimum Gasteiger partial charge on any atom is -0.350 e. The molecular weight excluding hydrogens is 340 g/mol. The summed E-state index contributed by atoms with van der Waals surface area (Å²) in [5.41, 5.74) is 0.233. The van der Waals surface area contributed by atoms with Crippen LogP contribution in [-0.4, -0.2) is 30.1 Å². The molecule has 1 fully saturated rings. The van der Waals surface area contributed by atoms with Gasteiger partial charge in [0.05, 0.1) is 6.04 Å². The van der Waals surface area contributed by atoms with Crippen LogP contribution in [0, 0.1) is 17.6 Å². The van der Waals surface area contributed by atoms with E-state index < -0.39 is 23.1 Å². The highest BCUT2D eigenvalue weighted by Crippen LogP contribution is 2.38. The van der Waals surface area contributed by atoms with Gasteiger partial charge in [0.25, 0.3) is 11.5 Å². The van der Waals surface area contributed by atoms with E-state index in [1.165, 1.54) is 12.1 Å². The van der Waals surface area contributed by atoms with E-state index in [1.54, 1.807) is 10.6 Å². The van der Waals surface area contributed by atoms with E-state index in [0.29, 0.717) is 0 Å². The van der Waals surface area contributed by atoms with Crippen molar-refractivity contribution in [3.8, 4) is 0 Å². The van der Waals surface area contributed by atoms with E-state index in [9.17, 15) is 18.4 Å². The zero-order chi connectivity index (χ0) is 18.3. The van der Waals surface area contributed by atoms with Crippen LogP contribution in [0.3, 0.4) is 0 Å². The van der Waals surface area contributed by atoms with Crippen molar-refractivity contribution in [2.75, 3.05) is 19.6 Å². The van der Waals surface area contributed by atoms with Crippen molar-refractivity contribution in [2.24, 2.45) is 5.92 Å². The molecule has 2 aliphatic rings. The molecule has 2 bridgehead atoms. The average Bonchev–Trinajstić information content (AvgIpc) is 2.62. The third-order valence-electron chi connectivity index (χ3n) is 5.36. The smallest absolute Gasteiger partial charge is 0.257 e. The van der Waals surface area contributed by atoms with Gasteiger partial charge in [-0.2, -0.15) is 0 Å². The van der Waals surface area contributed by atoms with Gasteiger partial charge in [0.1, 0.15) is 17.2 Å². The lowest BCUT2D eigenvalue weighted by atomic mass is 9.79. The second-order valence-electron chi connectivity index (χ2n) is 6.88. The maximum atomic E-state index is 13.8. The second-order valence-corrected chi connectivity index (χ2v) is 6.88. The Morgan fingerprint density at radius 2 is 1.88 bits per heavy atom. The number of halogens is 2. The zero-order valence-corrected chi connectivity index (χ0v) is 14.0. The summed E-state index contributed by atoms with van der Waals surface area (Å²) < 4.78 is 29.3. The number of aromatic nitrogens is 1. The van der Waals surface area contributed by atoms with Crippen molar-refractivity contribution in [3.05, 3.63) is 69.6 Å². The van der Waals surface area contributed by atoms with Crippen LogP contribution < -0.4 is 16.2 Å². The molecule has 0 spiro atoms. The van der Waals surface area contributed by atoms with Gasteiger partial charge in [-0.25, -0.2) is 8.78 Å². The average molecular weight is 359 g/mol. The van der Waals surface area contributed by atoms with Crippen molar-refractivity contribution in [1.29, 1.82) is 0 Å². The molecule has 5 nitrogen and oxygen atoms in total. The normalized spacial score (nSPS) is 24.0. The van der Waals surface area contributed by atoms with Gasteiger partial charge < -0.3 is 15.2 Å². The third kappa shape index (κ3) is 2.82. The number of nitrogens with zero attached hydrogens (tertiary/aromatic N) is 1. The highest BCUT2D eigenvalue weighted by Gasteiger charge is 2.37. The van der Waals surface area contributed by atoms with Crippen LogP contribution >= 0.6 is 0 Å². The van der Waals surface area contributed by atoms with Crippen LogP contribution in [0.1, 0.15) is 34.4 Å². The first-order chi connectivity index (χ1) is 12.6. The van der Waals surface area contributed by atoms with Gasteiger partial charge in [0.2, 0.25) is 0 Å². The molecule has 1 aromatic carbocycles. The fourth-order valence-electron chi connectivity index (χ4n) is 4.17. The lowest BCUT2D eigenvalue weighted by Crippen LogP contribution is -2.50. The van der Waals surface area contributed by atoms with E-state index in [1.807, 2.05) is 6.07 Å². The number of carbonyl (C=O) groups is 1. The monoisotopic (exact) mass is 359 g/mol. The van der Waals surface area contributed by atoms with Gasteiger partial charge in [-0.1, -0.05) is 12.1 Å². The number of hydrogen-bond donors (Lipinski definition) is 2. The molecular formula is C19H19F2N3O2. The molecule has 7 heteroatoms. The molecule has 0 saturated carbocycles. The number of piperidine rings is 1. The number of amides is 1. The fraction of sp³-hybridized carbons (Fsp3) is 0.368. The maximum absolute atomic E-state index is 13.8. The highest BCUT2D eigenvalue weighted by molar-refractivity contribution is 5.94. The predicted octanol–water partition coefficient (Wildman–Crippen LogP) is 1.80. The van der Waals surface area contributed by atoms with Crippen LogP contribution in [0.25, 0.3) is 0 Å². The number of benzene rings is 1. The van der Waals surface area contributed by atoms with Crippen LogP contribution in [0.15, 0.2) is 41.2 Å². The second kappa shape index (κ2) is 6.64. The number of carbonyl (C=O) groups excluding carboxylic acids is 1. The first kappa shape index (κ1) is 16.9. The van der Waals surface area contributed by atoms with Crippen LogP contribution in [0.2, 0.25) is 0 Å². The first-order valence-corrected chi connectivity index (χ1v) is 8.70. The maximum Gasteiger partial charge on any atom is 0.257 e. The number of hydrogen-bond acceptors (Lipinski definition) is 3. The summed E-state index contributed by atoms with van der Waals surface area (Å²) in [5.74, 6) is -2.17. The van der Waals surface area contributed by atoms with Gasteiger partial charge in [-0.15, -0.1) is 0 Å². The summed E-state index contributed by atoms with van der Waals surface area (Å²) in [6, 6.07) is 8.24. The van der Waals surface area contributed by atoms with Gasteiger partial charge in [0, 0.05) is 37.3 Å². The largest absolute Gasteiger partial charge is 0.350 e. The molecule has 2 aromatic rings. The summed E-state index contributed by atoms with van der Waals surface area (Å²) in [6.45, 7) is 1.70. The Bertz CT molecular complexity index is 892. The SMILES string of the molecule is O=C(NC[C@H]1[C@@H]2CNC[C@@H](C2)c2cccc(=O)n21)c1c(F)cccc1F. The molecule has 1 saturated heterocycles. The summed E-state index contributed by atoms with van der Waals surface area (Å²) in [5, 5.41) is 5.98. The van der Waals surface area contributed by atoms with Gasteiger partial charge in [0.15, 0.2) is 0 Å². The molecule has 1 amide bonds. The Morgan fingerprint density at radius 3 is 2.65 bits per heavy atom. The summed E-state index contributed by atoms with van der Waals surface area (Å²) >= 11 is 0. The zero-order valence-electron chi connectivity index (χ0n) is 14.0. The molecule has 0 aliphatic carbocycles. The predicted molar refractivity (Wildman–Crippen MR) is 92.1 cm³/mol. The third-order valence-corrected chi connectivity index (χ3v) is 5.36. The first-order valence-electron chi connectivity index (χ1n) is 8.70. The van der Waals surface area contributed by atoms with Crippen molar-refractivity contribution in [2.45, 2.75) is 18.4 Å².